The topological polar surface area (TPSA) is 82.8 Å². The van der Waals surface area contributed by atoms with E-state index >= 15 is 0 Å². The van der Waals surface area contributed by atoms with Crippen molar-refractivity contribution in [1.82, 2.24) is 19.9 Å². The van der Waals surface area contributed by atoms with E-state index in [-0.39, 0.29) is 0 Å². The van der Waals surface area contributed by atoms with E-state index in [4.69, 9.17) is 10.3 Å². The SMILES string of the molecule is CC(C)n1ncc2ccc(-c3noc([C@H]4CC[C@@H](N)CC4)n3)cc21. The van der Waals surface area contributed by atoms with Crippen molar-refractivity contribution in [2.45, 2.75) is 57.5 Å². The van der Waals surface area contributed by atoms with E-state index < -0.39 is 0 Å². The molecule has 4 rings (SSSR count). The van der Waals surface area contributed by atoms with Gasteiger partial charge in [-0.05, 0) is 45.6 Å². The molecule has 0 radical (unpaired) electrons. The number of fused-ring (bicyclic) bond motifs is 1. The minimum atomic E-state index is 0.310. The zero-order valence-electron chi connectivity index (χ0n) is 14.1. The first-order chi connectivity index (χ1) is 11.6. The van der Waals surface area contributed by atoms with Gasteiger partial charge >= 0.3 is 0 Å². The Kier molecular flexibility index (Phi) is 3.84. The fourth-order valence-corrected chi connectivity index (χ4v) is 3.47. The average molecular weight is 325 g/mol. The lowest BCUT2D eigenvalue weighted by molar-refractivity contribution is 0.301. The van der Waals surface area contributed by atoms with Crippen molar-refractivity contribution >= 4 is 10.9 Å². The highest BCUT2D eigenvalue weighted by Crippen LogP contribution is 2.32. The molecule has 2 aromatic heterocycles. The standard InChI is InChI=1S/C18H23N5O/c1-11(2)23-16-9-13(3-4-14(16)10-20-23)17-21-18(24-22-17)12-5-7-15(19)8-6-12/h3-4,9-12,15H,5-8,19H2,1-2H3/t12-,15+. The zero-order chi connectivity index (χ0) is 16.7. The third kappa shape index (κ3) is 2.71. The summed E-state index contributed by atoms with van der Waals surface area (Å²) in [4.78, 5) is 4.65. The highest BCUT2D eigenvalue weighted by Gasteiger charge is 2.25. The molecular weight excluding hydrogens is 302 g/mol. The summed E-state index contributed by atoms with van der Waals surface area (Å²) in [7, 11) is 0. The molecule has 3 aromatic rings. The van der Waals surface area contributed by atoms with Crippen LogP contribution in [-0.4, -0.2) is 26.0 Å². The molecule has 0 bridgehead atoms. The molecule has 0 aliphatic heterocycles. The molecule has 0 amide bonds. The van der Waals surface area contributed by atoms with Crippen molar-refractivity contribution in [2.75, 3.05) is 0 Å². The van der Waals surface area contributed by atoms with Crippen LogP contribution in [0.4, 0.5) is 0 Å². The Labute approximate surface area is 141 Å². The summed E-state index contributed by atoms with van der Waals surface area (Å²) >= 11 is 0. The number of aromatic nitrogens is 4. The molecule has 1 aliphatic rings. The molecule has 0 atom stereocenters. The van der Waals surface area contributed by atoms with Crippen LogP contribution in [0.2, 0.25) is 0 Å². The van der Waals surface area contributed by atoms with Gasteiger partial charge in [-0.2, -0.15) is 10.1 Å². The van der Waals surface area contributed by atoms with Gasteiger partial charge in [0, 0.05) is 29.0 Å². The third-order valence-corrected chi connectivity index (χ3v) is 4.91. The lowest BCUT2D eigenvalue weighted by atomic mass is 9.86. The van der Waals surface area contributed by atoms with Gasteiger partial charge in [0.2, 0.25) is 11.7 Å². The first-order valence-electron chi connectivity index (χ1n) is 8.68. The van der Waals surface area contributed by atoms with Crippen molar-refractivity contribution in [3.63, 3.8) is 0 Å². The maximum atomic E-state index is 5.98. The van der Waals surface area contributed by atoms with Gasteiger partial charge in [-0.1, -0.05) is 17.3 Å². The van der Waals surface area contributed by atoms with Crippen molar-refractivity contribution in [3.8, 4) is 11.4 Å². The zero-order valence-corrected chi connectivity index (χ0v) is 14.1. The van der Waals surface area contributed by atoms with Crippen molar-refractivity contribution in [1.29, 1.82) is 0 Å². The average Bonchev–Trinajstić information content (AvgIpc) is 3.22. The van der Waals surface area contributed by atoms with Gasteiger partial charge in [0.15, 0.2) is 0 Å². The Morgan fingerprint density at radius 2 is 2.00 bits per heavy atom. The second-order valence-electron chi connectivity index (χ2n) is 7.02. The second kappa shape index (κ2) is 6.02. The Bertz CT molecular complexity index is 842. The van der Waals surface area contributed by atoms with E-state index in [1.54, 1.807) is 0 Å². The molecule has 0 unspecified atom stereocenters. The van der Waals surface area contributed by atoms with Crippen LogP contribution in [0.25, 0.3) is 22.3 Å². The van der Waals surface area contributed by atoms with E-state index in [1.165, 1.54) is 0 Å². The van der Waals surface area contributed by atoms with E-state index in [2.05, 4.69) is 41.2 Å². The third-order valence-electron chi connectivity index (χ3n) is 4.91. The number of rotatable bonds is 3. The van der Waals surface area contributed by atoms with Crippen LogP contribution in [0.3, 0.4) is 0 Å². The van der Waals surface area contributed by atoms with Crippen LogP contribution in [0.15, 0.2) is 28.9 Å². The smallest absolute Gasteiger partial charge is 0.230 e. The van der Waals surface area contributed by atoms with E-state index in [1.807, 2.05) is 16.9 Å². The summed E-state index contributed by atoms with van der Waals surface area (Å²) in [5.41, 5.74) is 8.04. The minimum Gasteiger partial charge on any atom is -0.339 e. The van der Waals surface area contributed by atoms with Crippen molar-refractivity contribution < 1.29 is 4.52 Å². The monoisotopic (exact) mass is 325 g/mol. The van der Waals surface area contributed by atoms with E-state index in [0.29, 0.717) is 23.8 Å². The molecule has 1 aliphatic carbocycles. The van der Waals surface area contributed by atoms with Crippen LogP contribution in [-0.2, 0) is 0 Å². The van der Waals surface area contributed by atoms with Crippen LogP contribution >= 0.6 is 0 Å². The van der Waals surface area contributed by atoms with E-state index in [0.717, 1.165) is 48.0 Å². The molecule has 6 heteroatoms. The summed E-state index contributed by atoms with van der Waals surface area (Å²) in [6, 6.07) is 6.81. The molecule has 0 spiro atoms. The highest BCUT2D eigenvalue weighted by atomic mass is 16.5. The Morgan fingerprint density at radius 3 is 2.75 bits per heavy atom. The first kappa shape index (κ1) is 15.3. The summed E-state index contributed by atoms with van der Waals surface area (Å²) in [6.07, 6.45) is 6.01. The van der Waals surface area contributed by atoms with E-state index in [9.17, 15) is 0 Å². The lowest BCUT2D eigenvalue weighted by Crippen LogP contribution is -2.25. The molecule has 2 N–H and O–H groups in total. The Morgan fingerprint density at radius 1 is 1.21 bits per heavy atom. The van der Waals surface area contributed by atoms with Crippen LogP contribution < -0.4 is 5.73 Å². The van der Waals surface area contributed by atoms with Gasteiger partial charge in [-0.15, -0.1) is 0 Å². The normalized spacial score (nSPS) is 21.7. The summed E-state index contributed by atoms with van der Waals surface area (Å²) in [5.74, 6) is 1.74. The van der Waals surface area contributed by atoms with Gasteiger partial charge in [-0.25, -0.2) is 0 Å². The number of nitrogens with zero attached hydrogens (tertiary/aromatic N) is 4. The number of benzene rings is 1. The van der Waals surface area contributed by atoms with Gasteiger partial charge < -0.3 is 10.3 Å². The molecule has 2 heterocycles. The van der Waals surface area contributed by atoms with Gasteiger partial charge in [0.25, 0.3) is 0 Å². The predicted octanol–water partition coefficient (Wildman–Crippen LogP) is 3.65. The molecule has 24 heavy (non-hydrogen) atoms. The maximum absolute atomic E-state index is 5.98. The number of nitrogens with two attached hydrogens (primary N) is 1. The minimum absolute atomic E-state index is 0.310. The molecule has 1 saturated carbocycles. The predicted molar refractivity (Wildman–Crippen MR) is 92.6 cm³/mol. The van der Waals surface area contributed by atoms with Crippen LogP contribution in [0.5, 0.6) is 0 Å². The molecule has 126 valence electrons. The highest BCUT2D eigenvalue weighted by molar-refractivity contribution is 5.83. The lowest BCUT2D eigenvalue weighted by Gasteiger charge is -2.22. The molecule has 0 saturated heterocycles. The van der Waals surface area contributed by atoms with Gasteiger partial charge in [-0.3, -0.25) is 4.68 Å². The molecule has 6 nitrogen and oxygen atoms in total. The quantitative estimate of drug-likeness (QED) is 0.794. The van der Waals surface area contributed by atoms with Gasteiger partial charge in [0.05, 0.1) is 11.7 Å². The summed E-state index contributed by atoms with van der Waals surface area (Å²) in [6.45, 7) is 4.25. The molecular formula is C18H23N5O. The molecule has 1 fully saturated rings. The van der Waals surface area contributed by atoms with Gasteiger partial charge in [0.1, 0.15) is 0 Å². The Hall–Kier alpha value is -2.21. The van der Waals surface area contributed by atoms with Crippen LogP contribution in [0.1, 0.15) is 57.4 Å². The van der Waals surface area contributed by atoms with Crippen LogP contribution in [0, 0.1) is 0 Å². The first-order valence-corrected chi connectivity index (χ1v) is 8.68. The van der Waals surface area contributed by atoms with Crippen molar-refractivity contribution in [3.05, 3.63) is 30.3 Å². The number of hydrogen-bond donors (Lipinski definition) is 1. The summed E-state index contributed by atoms with van der Waals surface area (Å²) < 4.78 is 7.56. The van der Waals surface area contributed by atoms with Crippen molar-refractivity contribution in [2.24, 2.45) is 5.73 Å². The number of hydrogen-bond acceptors (Lipinski definition) is 5. The maximum Gasteiger partial charge on any atom is 0.230 e. The Balaban J connectivity index is 1.64. The molecule has 1 aromatic carbocycles. The summed E-state index contributed by atoms with van der Waals surface area (Å²) in [5, 5.41) is 9.78. The second-order valence-corrected chi connectivity index (χ2v) is 7.02. The fraction of sp³-hybridized carbons (Fsp3) is 0.500. The fourth-order valence-electron chi connectivity index (χ4n) is 3.47. The largest absolute Gasteiger partial charge is 0.339 e.